The van der Waals surface area contributed by atoms with Crippen molar-refractivity contribution in [2.24, 2.45) is 5.92 Å². The largest absolute Gasteiger partial charge is 0.466 e. The molecule has 1 unspecified atom stereocenters. The average Bonchev–Trinajstić information content (AvgIpc) is 2.79. The average molecular weight is 458 g/mol. The van der Waals surface area contributed by atoms with Crippen molar-refractivity contribution in [3.05, 3.63) is 46.2 Å². The molecule has 0 radical (unpaired) electrons. The minimum absolute atomic E-state index is 0.102. The van der Waals surface area contributed by atoms with Gasteiger partial charge in [-0.1, -0.05) is 23.8 Å². The zero-order valence-corrected chi connectivity index (χ0v) is 20.3. The number of esters is 2. The first-order valence-electron chi connectivity index (χ1n) is 11.7. The Bertz CT molecular complexity index is 934. The first-order valence-corrected chi connectivity index (χ1v) is 11.7. The van der Waals surface area contributed by atoms with Crippen molar-refractivity contribution in [1.29, 1.82) is 0 Å². The smallest absolute Gasteiger partial charge is 0.338 e. The van der Waals surface area contributed by atoms with E-state index in [9.17, 15) is 14.4 Å². The third kappa shape index (κ3) is 5.55. The van der Waals surface area contributed by atoms with E-state index in [1.165, 1.54) is 4.90 Å². The minimum atomic E-state index is -0.584. The summed E-state index contributed by atoms with van der Waals surface area (Å²) < 4.78 is 10.6. The van der Waals surface area contributed by atoms with Gasteiger partial charge in [-0.2, -0.15) is 0 Å². The summed E-state index contributed by atoms with van der Waals surface area (Å²) in [6.07, 6.45) is 1.38. The molecule has 1 atom stereocenters. The quantitative estimate of drug-likeness (QED) is 0.633. The summed E-state index contributed by atoms with van der Waals surface area (Å²) in [5.74, 6) is -0.672. The Hall–Kier alpha value is -2.87. The molecule has 2 amide bonds. The standard InChI is InChI=1S/C25H35N3O5/c1-6-32-23(29)18-10-12-28(13-11-18)15-20-21(24(30)33-7-2)22(26-25(31)27(20)5)19-14-16(3)8-9-17(19)4/h8-9,14,18,22H,6-7,10-13,15H2,1-5H3,(H,26,31). The van der Waals surface area contributed by atoms with E-state index in [0.717, 1.165) is 16.7 Å². The predicted molar refractivity (Wildman–Crippen MR) is 124 cm³/mol. The number of nitrogens with zero attached hydrogens (tertiary/aromatic N) is 2. The van der Waals surface area contributed by atoms with Gasteiger partial charge in [-0.05, 0) is 64.8 Å². The van der Waals surface area contributed by atoms with Gasteiger partial charge in [-0.25, -0.2) is 9.59 Å². The van der Waals surface area contributed by atoms with Crippen LogP contribution < -0.4 is 5.32 Å². The number of likely N-dealkylation sites (tertiary alicyclic amines) is 1. The van der Waals surface area contributed by atoms with Crippen LogP contribution in [0.1, 0.15) is 49.4 Å². The van der Waals surface area contributed by atoms with Gasteiger partial charge in [0.05, 0.1) is 30.7 Å². The van der Waals surface area contributed by atoms with Crippen molar-refractivity contribution < 1.29 is 23.9 Å². The number of benzene rings is 1. The summed E-state index contributed by atoms with van der Waals surface area (Å²) in [5.41, 5.74) is 4.03. The Balaban J connectivity index is 1.93. The van der Waals surface area contributed by atoms with Crippen molar-refractivity contribution in [3.63, 3.8) is 0 Å². The zero-order chi connectivity index (χ0) is 24.1. The monoisotopic (exact) mass is 457 g/mol. The molecule has 0 bridgehead atoms. The number of hydrogen-bond donors (Lipinski definition) is 1. The number of hydrogen-bond acceptors (Lipinski definition) is 6. The lowest BCUT2D eigenvalue weighted by atomic mass is 9.90. The highest BCUT2D eigenvalue weighted by Gasteiger charge is 2.38. The van der Waals surface area contributed by atoms with Crippen LogP contribution in [-0.4, -0.2) is 67.7 Å². The van der Waals surface area contributed by atoms with Gasteiger partial charge in [0.25, 0.3) is 0 Å². The first-order chi connectivity index (χ1) is 15.8. The summed E-state index contributed by atoms with van der Waals surface area (Å²) in [6.45, 7) is 9.98. The van der Waals surface area contributed by atoms with Crippen LogP contribution in [-0.2, 0) is 19.1 Å². The number of carbonyl (C=O) groups excluding carboxylic acids is 3. The van der Waals surface area contributed by atoms with Crippen LogP contribution in [0.3, 0.4) is 0 Å². The SMILES string of the molecule is CCOC(=O)C1=C(CN2CCC(C(=O)OCC)CC2)N(C)C(=O)NC1c1cc(C)ccc1C. The van der Waals surface area contributed by atoms with E-state index in [-0.39, 0.29) is 24.5 Å². The molecule has 2 heterocycles. The van der Waals surface area contributed by atoms with Gasteiger partial charge in [0.1, 0.15) is 0 Å². The maximum atomic E-state index is 13.2. The highest BCUT2D eigenvalue weighted by molar-refractivity contribution is 5.95. The second kappa shape index (κ2) is 10.8. The number of rotatable bonds is 7. The highest BCUT2D eigenvalue weighted by Crippen LogP contribution is 2.34. The Labute approximate surface area is 195 Å². The molecular weight excluding hydrogens is 422 g/mol. The summed E-state index contributed by atoms with van der Waals surface area (Å²) >= 11 is 0. The molecule has 2 aliphatic rings. The number of amides is 2. The van der Waals surface area contributed by atoms with Crippen molar-refractivity contribution >= 4 is 18.0 Å². The van der Waals surface area contributed by atoms with Crippen LogP contribution in [0, 0.1) is 19.8 Å². The van der Waals surface area contributed by atoms with Crippen molar-refractivity contribution in [2.45, 2.75) is 46.6 Å². The van der Waals surface area contributed by atoms with E-state index < -0.39 is 12.0 Å². The van der Waals surface area contributed by atoms with Crippen molar-refractivity contribution in [2.75, 3.05) is 39.9 Å². The number of aryl methyl sites for hydroxylation is 2. The van der Waals surface area contributed by atoms with Crippen molar-refractivity contribution in [1.82, 2.24) is 15.1 Å². The molecule has 1 aromatic carbocycles. The Morgan fingerprint density at radius 1 is 1.09 bits per heavy atom. The maximum Gasteiger partial charge on any atom is 0.338 e. The lowest BCUT2D eigenvalue weighted by Gasteiger charge is -2.38. The second-order valence-corrected chi connectivity index (χ2v) is 8.68. The normalized spacial score (nSPS) is 20.0. The molecule has 1 saturated heterocycles. The summed E-state index contributed by atoms with van der Waals surface area (Å²) in [6, 6.07) is 5.17. The Morgan fingerprint density at radius 3 is 2.39 bits per heavy atom. The van der Waals surface area contributed by atoms with Crippen LogP contribution >= 0.6 is 0 Å². The molecule has 33 heavy (non-hydrogen) atoms. The van der Waals surface area contributed by atoms with E-state index in [4.69, 9.17) is 9.47 Å². The fourth-order valence-corrected chi connectivity index (χ4v) is 4.50. The van der Waals surface area contributed by atoms with Gasteiger partial charge in [0.15, 0.2) is 0 Å². The predicted octanol–water partition coefficient (Wildman–Crippen LogP) is 3.09. The summed E-state index contributed by atoms with van der Waals surface area (Å²) in [4.78, 5) is 41.8. The van der Waals surface area contributed by atoms with E-state index >= 15 is 0 Å². The number of carbonyl (C=O) groups is 3. The molecule has 0 aromatic heterocycles. The number of piperidine rings is 1. The van der Waals surface area contributed by atoms with Crippen LogP contribution in [0.25, 0.3) is 0 Å². The van der Waals surface area contributed by atoms with Gasteiger partial charge in [0, 0.05) is 19.3 Å². The fourth-order valence-electron chi connectivity index (χ4n) is 4.50. The molecule has 8 heteroatoms. The van der Waals surface area contributed by atoms with Crippen LogP contribution in [0.4, 0.5) is 4.79 Å². The molecule has 8 nitrogen and oxygen atoms in total. The molecule has 0 saturated carbocycles. The first kappa shape index (κ1) is 24.8. The third-order valence-corrected chi connectivity index (χ3v) is 6.40. The maximum absolute atomic E-state index is 13.2. The van der Waals surface area contributed by atoms with Gasteiger partial charge in [-0.15, -0.1) is 0 Å². The van der Waals surface area contributed by atoms with Gasteiger partial charge >= 0.3 is 18.0 Å². The highest BCUT2D eigenvalue weighted by atomic mass is 16.5. The van der Waals surface area contributed by atoms with E-state index in [2.05, 4.69) is 10.2 Å². The van der Waals surface area contributed by atoms with Crippen LogP contribution in [0.5, 0.6) is 0 Å². The number of ether oxygens (including phenoxy) is 2. The number of nitrogens with one attached hydrogen (secondary N) is 1. The van der Waals surface area contributed by atoms with Gasteiger partial charge in [0.2, 0.25) is 0 Å². The van der Waals surface area contributed by atoms with Crippen molar-refractivity contribution in [3.8, 4) is 0 Å². The molecular formula is C25H35N3O5. The third-order valence-electron chi connectivity index (χ3n) is 6.40. The van der Waals surface area contributed by atoms with Gasteiger partial charge < -0.3 is 14.8 Å². The molecule has 2 aliphatic heterocycles. The Morgan fingerprint density at radius 2 is 1.76 bits per heavy atom. The Kier molecular flexibility index (Phi) is 8.13. The van der Waals surface area contributed by atoms with Gasteiger partial charge in [-0.3, -0.25) is 14.6 Å². The molecule has 180 valence electrons. The molecule has 3 rings (SSSR count). The molecule has 0 spiro atoms. The minimum Gasteiger partial charge on any atom is -0.466 e. The summed E-state index contributed by atoms with van der Waals surface area (Å²) in [7, 11) is 1.68. The zero-order valence-electron chi connectivity index (χ0n) is 20.3. The summed E-state index contributed by atoms with van der Waals surface area (Å²) in [5, 5.41) is 2.99. The molecule has 1 aromatic rings. The van der Waals surface area contributed by atoms with Crippen LogP contribution in [0.15, 0.2) is 29.5 Å². The lowest BCUT2D eigenvalue weighted by Crippen LogP contribution is -2.50. The molecule has 1 N–H and O–H groups in total. The number of urea groups is 1. The van der Waals surface area contributed by atoms with E-state index in [1.807, 2.05) is 39.0 Å². The number of likely N-dealkylation sites (N-methyl/N-ethyl adjacent to an activating group) is 1. The lowest BCUT2D eigenvalue weighted by molar-refractivity contribution is -0.149. The molecule has 1 fully saturated rings. The second-order valence-electron chi connectivity index (χ2n) is 8.68. The topological polar surface area (TPSA) is 88.2 Å². The fraction of sp³-hybridized carbons (Fsp3) is 0.560. The van der Waals surface area contributed by atoms with Crippen LogP contribution in [0.2, 0.25) is 0 Å². The van der Waals surface area contributed by atoms with E-state index in [1.54, 1.807) is 14.0 Å². The van der Waals surface area contributed by atoms with E-state index in [0.29, 0.717) is 50.4 Å². The molecule has 0 aliphatic carbocycles.